The summed E-state index contributed by atoms with van der Waals surface area (Å²) in [6, 6.07) is -1.13. The van der Waals surface area contributed by atoms with Gasteiger partial charge in [-0.1, -0.05) is 119 Å². The zero-order valence-electron chi connectivity index (χ0n) is 41.4. The lowest BCUT2D eigenvalue weighted by Crippen LogP contribution is -2.61. The molecule has 2 fully saturated rings. The van der Waals surface area contributed by atoms with E-state index in [2.05, 4.69) is 0 Å². The molecule has 18 heteroatoms. The number of unbranched alkanes of at least 4 members (excludes halogenated alkanes) is 2. The maximum atomic E-state index is 13.6. The summed E-state index contributed by atoms with van der Waals surface area (Å²) >= 11 is 0. The molecule has 0 aliphatic carbocycles. The maximum absolute atomic E-state index is 13.6. The van der Waals surface area contributed by atoms with E-state index < -0.39 is 147 Å². The first kappa shape index (κ1) is 60.9. The van der Waals surface area contributed by atoms with Crippen LogP contribution in [0.1, 0.15) is 105 Å². The Morgan fingerprint density at radius 2 is 1.29 bits per heavy atom. The fourth-order valence-corrected chi connectivity index (χ4v) is 8.58. The van der Waals surface area contributed by atoms with Crippen LogP contribution in [0.15, 0.2) is 85.1 Å². The molecule has 398 valence electrons. The van der Waals surface area contributed by atoms with Gasteiger partial charge in [0.1, 0.15) is 18.1 Å². The van der Waals surface area contributed by atoms with Crippen molar-refractivity contribution >= 4 is 11.9 Å². The number of cyclic esters (lactones) is 1. The van der Waals surface area contributed by atoms with E-state index in [1.165, 1.54) is 0 Å². The number of esters is 2. The third-order valence-corrected chi connectivity index (χ3v) is 13.0. The third-order valence-electron chi connectivity index (χ3n) is 13.0. The van der Waals surface area contributed by atoms with Crippen LogP contribution in [0.2, 0.25) is 0 Å². The number of carbonyl (C=O) groups is 2. The number of ether oxygens (including phenoxy) is 5. The highest BCUT2D eigenvalue weighted by Crippen LogP contribution is 2.39. The molecule has 12 N–H and O–H groups in total. The first-order valence-corrected chi connectivity index (χ1v) is 24.8. The van der Waals surface area contributed by atoms with E-state index in [1.54, 1.807) is 63.3 Å². The van der Waals surface area contributed by atoms with Gasteiger partial charge >= 0.3 is 11.9 Å². The molecule has 0 spiro atoms. The van der Waals surface area contributed by atoms with E-state index >= 15 is 0 Å². The Morgan fingerprint density at radius 3 is 1.90 bits per heavy atom. The molecule has 0 amide bonds. The van der Waals surface area contributed by atoms with Crippen LogP contribution in [0.3, 0.4) is 0 Å². The predicted molar refractivity (Wildman–Crippen MR) is 260 cm³/mol. The van der Waals surface area contributed by atoms with Gasteiger partial charge in [-0.25, -0.2) is 0 Å². The first-order chi connectivity index (χ1) is 33.2. The van der Waals surface area contributed by atoms with E-state index in [1.807, 2.05) is 56.4 Å². The first-order valence-electron chi connectivity index (χ1n) is 24.8. The number of allylic oxidation sites excluding steroid dienone is 12. The number of hydrogen-bond donors (Lipinski definition) is 11. The fraction of sp³-hybridized carbons (Fsp3) is 0.692. The Balaban J connectivity index is 1.92. The monoisotopic (exact) mass is 994 g/mol. The number of fused-ring (bicyclic) bond motifs is 2. The molecular formula is C52H83NO17. The van der Waals surface area contributed by atoms with Crippen molar-refractivity contribution in [3.63, 3.8) is 0 Å². The van der Waals surface area contributed by atoms with Crippen molar-refractivity contribution in [2.75, 3.05) is 6.61 Å². The highest BCUT2D eigenvalue weighted by atomic mass is 16.7. The SMILES string of the molecule is CCCCCOC(=O)C1[C@@H]2C[C@@H](O[C@@H]3O[C@H](C)[C@@H](O)[C@H](N)[C@H]3O)/C=C/C=C/C=C/C=C/C=C/C=C/C=C/[C@H](C)[C@@H](O)[C@@H](C)[C@H](C)OC(=O)C[C@H](O)C[C@H](O)CC[C@@H](O)[C@H](O)C[C@H](O)C[C@](O)(C[C@@H]1O)O2. The standard InChI is InChI=1S/C52H83NO17/c1-6-7-20-25-66-50(64)45-42(59)31-52(65)30-38(56)27-41(58)40(57)24-23-36(54)26-37(55)28-44(60)67-34(4)33(3)47(61)32(2)21-18-16-14-12-10-8-9-11-13-15-17-19-22-39(29-43(45)70-52)69-51-49(63)46(53)48(62)35(5)68-51/h8-19,21-22,32-43,45-49,51,54-59,61-63,65H,6-7,20,23-31,53H2,1-5H3/b9-8+,12-10+,13-11+,16-14+,17-15+,21-18+,22-19+/t32-,33-,34-,35+,36+,37+,38-,39-,40+,41+,42-,43-,45?,46-,47+,48+,49+,51-,52+/m0/s1. The van der Waals surface area contributed by atoms with E-state index in [0.29, 0.717) is 6.42 Å². The fourth-order valence-electron chi connectivity index (χ4n) is 8.58. The van der Waals surface area contributed by atoms with Crippen LogP contribution >= 0.6 is 0 Å². The number of hydrogen-bond acceptors (Lipinski definition) is 18. The second-order valence-electron chi connectivity index (χ2n) is 19.1. The van der Waals surface area contributed by atoms with Crippen LogP contribution in [0, 0.1) is 17.8 Å². The van der Waals surface area contributed by atoms with Crippen molar-refractivity contribution < 1.29 is 84.3 Å². The Hall–Kier alpha value is -3.44. The predicted octanol–water partition coefficient (Wildman–Crippen LogP) is 2.36. The summed E-state index contributed by atoms with van der Waals surface area (Å²) in [6.45, 7) is 8.86. The summed E-state index contributed by atoms with van der Waals surface area (Å²) < 4.78 is 29.3. The van der Waals surface area contributed by atoms with Crippen LogP contribution in [0.25, 0.3) is 0 Å². The van der Waals surface area contributed by atoms with Crippen LogP contribution in [0.5, 0.6) is 0 Å². The molecule has 3 aliphatic rings. The maximum Gasteiger partial charge on any atom is 0.314 e. The summed E-state index contributed by atoms with van der Waals surface area (Å²) in [6.07, 6.45) is 6.88. The second kappa shape index (κ2) is 31.2. The zero-order chi connectivity index (χ0) is 52.0. The molecule has 0 aromatic heterocycles. The van der Waals surface area contributed by atoms with E-state index in [-0.39, 0.29) is 38.2 Å². The van der Waals surface area contributed by atoms with Gasteiger partial charge in [-0.3, -0.25) is 9.59 Å². The number of aliphatic hydroxyl groups is 10. The molecule has 0 radical (unpaired) electrons. The minimum absolute atomic E-state index is 0.0705. The molecule has 3 aliphatic heterocycles. The normalized spacial score (nSPS) is 43.1. The van der Waals surface area contributed by atoms with Gasteiger partial charge in [0.2, 0.25) is 0 Å². The lowest BCUT2D eigenvalue weighted by atomic mass is 9.82. The van der Waals surface area contributed by atoms with Crippen molar-refractivity contribution in [2.24, 2.45) is 23.5 Å². The summed E-state index contributed by atoms with van der Waals surface area (Å²) in [7, 11) is 0. The molecular weight excluding hydrogens is 911 g/mol. The quantitative estimate of drug-likeness (QED) is 0.129. The Bertz CT molecular complexity index is 1750. The molecule has 18 nitrogen and oxygen atoms in total. The summed E-state index contributed by atoms with van der Waals surface area (Å²) in [4.78, 5) is 26.3. The topological polar surface area (TPSA) is 309 Å². The minimum atomic E-state index is -2.28. The van der Waals surface area contributed by atoms with E-state index in [0.717, 1.165) is 12.8 Å². The largest absolute Gasteiger partial charge is 0.465 e. The highest BCUT2D eigenvalue weighted by Gasteiger charge is 2.51. The number of rotatable bonds is 7. The molecule has 0 saturated carbocycles. The van der Waals surface area contributed by atoms with Gasteiger partial charge in [-0.2, -0.15) is 0 Å². The van der Waals surface area contributed by atoms with Crippen molar-refractivity contribution in [3.8, 4) is 0 Å². The van der Waals surface area contributed by atoms with Gasteiger partial charge in [-0.15, -0.1) is 0 Å². The van der Waals surface area contributed by atoms with Crippen molar-refractivity contribution in [1.82, 2.24) is 0 Å². The molecule has 1 unspecified atom stereocenters. The average Bonchev–Trinajstić information content (AvgIpc) is 3.29. The van der Waals surface area contributed by atoms with Crippen LogP contribution < -0.4 is 5.73 Å². The van der Waals surface area contributed by atoms with Gasteiger partial charge in [0.05, 0.1) is 86.2 Å². The zero-order valence-corrected chi connectivity index (χ0v) is 41.4. The number of carbonyl (C=O) groups excluding carboxylic acids is 2. The molecule has 2 bridgehead atoms. The molecule has 3 heterocycles. The lowest BCUT2D eigenvalue weighted by Gasteiger charge is -2.45. The van der Waals surface area contributed by atoms with Crippen LogP contribution in [-0.2, 0) is 33.3 Å². The van der Waals surface area contributed by atoms with Gasteiger partial charge in [0, 0.05) is 37.5 Å². The summed E-state index contributed by atoms with van der Waals surface area (Å²) in [5.41, 5.74) is 6.10. The third kappa shape index (κ3) is 21.0. The summed E-state index contributed by atoms with van der Waals surface area (Å²) in [5, 5.41) is 110. The molecule has 2 saturated heterocycles. The Labute approximate surface area is 413 Å². The number of nitrogens with two attached hydrogens (primary N) is 1. The van der Waals surface area contributed by atoms with E-state index in [4.69, 9.17) is 29.4 Å². The molecule has 0 aromatic rings. The van der Waals surface area contributed by atoms with Gasteiger partial charge < -0.3 is 80.5 Å². The van der Waals surface area contributed by atoms with Crippen molar-refractivity contribution in [1.29, 1.82) is 0 Å². The highest BCUT2D eigenvalue weighted by molar-refractivity contribution is 5.74. The molecule has 70 heavy (non-hydrogen) atoms. The van der Waals surface area contributed by atoms with Crippen molar-refractivity contribution in [3.05, 3.63) is 85.1 Å². The van der Waals surface area contributed by atoms with E-state index in [9.17, 15) is 60.7 Å². The molecule has 3 rings (SSSR count). The Kier molecular flexibility index (Phi) is 27.1. The van der Waals surface area contributed by atoms with Crippen molar-refractivity contribution in [2.45, 2.75) is 203 Å². The molecule has 19 atom stereocenters. The second-order valence-corrected chi connectivity index (χ2v) is 19.1. The van der Waals surface area contributed by atoms with Gasteiger partial charge in [0.25, 0.3) is 0 Å². The Morgan fingerprint density at radius 1 is 0.686 bits per heavy atom. The number of aliphatic hydroxyl groups excluding tert-OH is 9. The average molecular weight is 994 g/mol. The summed E-state index contributed by atoms with van der Waals surface area (Å²) in [5.74, 6) is -5.86. The van der Waals surface area contributed by atoms with Crippen LogP contribution in [-0.4, -0.2) is 167 Å². The molecule has 0 aromatic carbocycles. The lowest BCUT2D eigenvalue weighted by molar-refractivity contribution is -0.309. The van der Waals surface area contributed by atoms with Crippen LogP contribution in [0.4, 0.5) is 0 Å². The smallest absolute Gasteiger partial charge is 0.314 e. The van der Waals surface area contributed by atoms with Gasteiger partial charge in [-0.05, 0) is 39.5 Å². The van der Waals surface area contributed by atoms with Gasteiger partial charge in [0.15, 0.2) is 12.1 Å². The minimum Gasteiger partial charge on any atom is -0.465 e.